The van der Waals surface area contributed by atoms with E-state index in [1.54, 1.807) is 0 Å². The van der Waals surface area contributed by atoms with Crippen LogP contribution < -0.4 is 4.89 Å². The molecule has 1 aliphatic carbocycles. The quantitative estimate of drug-likeness (QED) is 0.808. The van der Waals surface area contributed by atoms with Crippen molar-refractivity contribution in [2.45, 2.75) is 26.2 Å². The van der Waals surface area contributed by atoms with Gasteiger partial charge in [0.1, 0.15) is 11.5 Å². The highest BCUT2D eigenvalue weighted by atomic mass is 31.1. The van der Waals surface area contributed by atoms with E-state index in [4.69, 9.17) is 10.2 Å². The number of aliphatic carboxylic acids is 2. The third kappa shape index (κ3) is 4.88. The summed E-state index contributed by atoms with van der Waals surface area (Å²) >= 11 is 0. The van der Waals surface area contributed by atoms with Crippen molar-refractivity contribution in [2.24, 2.45) is 5.41 Å². The molecule has 3 rings (SSSR count). The molecule has 6 heteroatoms. The van der Waals surface area contributed by atoms with E-state index in [1.165, 1.54) is 36.0 Å². The molecule has 0 saturated heterocycles. The molecule has 2 N–H and O–H groups in total. The third-order valence-electron chi connectivity index (χ3n) is 4.27. The summed E-state index contributed by atoms with van der Waals surface area (Å²) in [4.78, 5) is 32.8. The summed E-state index contributed by atoms with van der Waals surface area (Å²) in [5.41, 5.74) is 0.228. The molecule has 1 aromatic rings. The Hall–Kier alpha value is -2.23. The lowest BCUT2D eigenvalue weighted by atomic mass is 9.80. The topological polar surface area (TPSA) is 97.7 Å². The third-order valence-corrected chi connectivity index (χ3v) is 6.07. The molecule has 1 aliphatic heterocycles. The first-order chi connectivity index (χ1) is 11.8. The number of hydrogen-bond acceptors (Lipinski definition) is 3. The first kappa shape index (κ1) is 19.1. The Labute approximate surface area is 147 Å². The van der Waals surface area contributed by atoms with Gasteiger partial charge in [0.2, 0.25) is 0 Å². The van der Waals surface area contributed by atoms with Gasteiger partial charge in [-0.15, -0.1) is 0 Å². The number of carboxylic acid groups (broad SMARTS) is 2. The average molecular weight is 360 g/mol. The van der Waals surface area contributed by atoms with E-state index in [2.05, 4.69) is 0 Å². The zero-order valence-corrected chi connectivity index (χ0v) is 14.9. The Morgan fingerprint density at radius 1 is 1.20 bits per heavy atom. The lowest BCUT2D eigenvalue weighted by Gasteiger charge is -2.23. The van der Waals surface area contributed by atoms with Crippen LogP contribution in [0, 0.1) is 5.41 Å². The van der Waals surface area contributed by atoms with Crippen LogP contribution >= 0.6 is 7.77 Å². The molecule has 0 radical (unpaired) electrons. The van der Waals surface area contributed by atoms with E-state index in [0.29, 0.717) is 0 Å². The normalized spacial score (nSPS) is 23.5. The summed E-state index contributed by atoms with van der Waals surface area (Å²) in [5.74, 6) is -2.06. The van der Waals surface area contributed by atoms with Gasteiger partial charge in [-0.05, 0) is 19.8 Å². The number of benzene rings is 1. The molecule has 0 amide bonds. The molecule has 0 aromatic heterocycles. The van der Waals surface area contributed by atoms with Crippen LogP contribution in [-0.4, -0.2) is 33.6 Å². The fraction of sp³-hybridized carbons (Fsp3) is 0.316. The minimum atomic E-state index is -1.08. The van der Waals surface area contributed by atoms with Gasteiger partial charge in [-0.2, -0.15) is 0 Å². The van der Waals surface area contributed by atoms with Crippen molar-refractivity contribution in [3.05, 3.63) is 59.7 Å². The van der Waals surface area contributed by atoms with E-state index >= 15 is 0 Å². The highest BCUT2D eigenvalue weighted by molar-refractivity contribution is 7.52. The molecule has 0 spiro atoms. The predicted octanol–water partition coefficient (Wildman–Crippen LogP) is 2.81. The van der Waals surface area contributed by atoms with Crippen molar-refractivity contribution in [1.82, 2.24) is 0 Å². The highest BCUT2D eigenvalue weighted by Gasteiger charge is 2.34. The molecule has 1 heterocycles. The number of rotatable bonds is 3. The summed E-state index contributed by atoms with van der Waals surface area (Å²) in [6.07, 6.45) is 7.45. The lowest BCUT2D eigenvalue weighted by Crippen LogP contribution is -2.28. The molecule has 0 fully saturated rings. The summed E-state index contributed by atoms with van der Waals surface area (Å²) in [7, 11) is -1.04. The van der Waals surface area contributed by atoms with Crippen molar-refractivity contribution in [3.8, 4) is 0 Å². The number of allylic oxidation sites excluding steroid dienone is 2. The Kier molecular flexibility index (Phi) is 6.29. The Morgan fingerprint density at radius 3 is 2.40 bits per heavy atom. The second kappa shape index (κ2) is 8.24. The van der Waals surface area contributed by atoms with E-state index in [0.717, 1.165) is 19.0 Å². The molecule has 0 bridgehead atoms. The fourth-order valence-corrected chi connectivity index (χ4v) is 4.31. The molecule has 1 aromatic carbocycles. The molecule has 25 heavy (non-hydrogen) atoms. The van der Waals surface area contributed by atoms with Gasteiger partial charge in [-0.3, -0.25) is 4.79 Å². The molecule has 2 atom stereocenters. The Bertz CT molecular complexity index is 748. The second-order valence-electron chi connectivity index (χ2n) is 6.27. The van der Waals surface area contributed by atoms with Crippen molar-refractivity contribution in [1.29, 1.82) is 0 Å². The van der Waals surface area contributed by atoms with Crippen LogP contribution in [0.2, 0.25) is 0 Å². The van der Waals surface area contributed by atoms with Gasteiger partial charge in [-0.25, -0.2) is 4.79 Å². The summed E-state index contributed by atoms with van der Waals surface area (Å²) in [6, 6.07) is 10.1. The predicted molar refractivity (Wildman–Crippen MR) is 96.8 cm³/mol. The molecule has 132 valence electrons. The van der Waals surface area contributed by atoms with Crippen LogP contribution in [0.5, 0.6) is 0 Å². The molecule has 0 saturated carbocycles. The maximum absolute atomic E-state index is 11.5. The van der Waals surface area contributed by atoms with Crippen molar-refractivity contribution in [3.63, 3.8) is 0 Å². The van der Waals surface area contributed by atoms with Crippen molar-refractivity contribution >= 4 is 25.0 Å². The van der Waals surface area contributed by atoms with E-state index in [9.17, 15) is 14.5 Å². The minimum absolute atomic E-state index is 0.0359. The van der Waals surface area contributed by atoms with E-state index < -0.39 is 25.1 Å². The second-order valence-corrected chi connectivity index (χ2v) is 8.02. The maximum atomic E-state index is 11.5. The molecule has 2 aliphatic rings. The molecule has 2 unspecified atom stereocenters. The van der Waals surface area contributed by atoms with Gasteiger partial charge in [-0.1, -0.05) is 48.6 Å². The molecular weight excluding hydrogens is 339 g/mol. The maximum Gasteiger partial charge on any atom is 0.331 e. The number of carboxylic acids is 2. The zero-order chi connectivity index (χ0) is 18.4. The van der Waals surface area contributed by atoms with Crippen molar-refractivity contribution in [2.75, 3.05) is 6.16 Å². The van der Waals surface area contributed by atoms with Crippen LogP contribution in [0.4, 0.5) is 0 Å². The van der Waals surface area contributed by atoms with Gasteiger partial charge < -0.3 is 15.1 Å². The van der Waals surface area contributed by atoms with Crippen molar-refractivity contribution < 1.29 is 24.7 Å². The summed E-state index contributed by atoms with van der Waals surface area (Å²) in [5, 5.41) is 18.7. The summed E-state index contributed by atoms with van der Waals surface area (Å²) < 4.78 is 0. The van der Waals surface area contributed by atoms with Crippen LogP contribution in [0.1, 0.15) is 31.7 Å². The molecular formula is C19H21O5P. The number of carbonyl (C=O) groups is 2. The standard InChI is InChI=1S/C10H11OP.C9H10O4/c11-12-8-4-7-10(12)9-5-2-1-3-6-9;1-9(8(12)13)4-2-3-6(5-9)7(10)11/h1-3,5-6H,4,7-8H2;2-4H,5H2,1H3,(H,10,11)(H,12,13). The number of hydrogen-bond donors (Lipinski definition) is 2. The van der Waals surface area contributed by atoms with Gasteiger partial charge in [0.25, 0.3) is 0 Å². The van der Waals surface area contributed by atoms with Gasteiger partial charge in [0.15, 0.2) is 0 Å². The van der Waals surface area contributed by atoms with Gasteiger partial charge >= 0.3 is 11.9 Å². The average Bonchev–Trinajstić information content (AvgIpc) is 3.02. The van der Waals surface area contributed by atoms with Crippen LogP contribution in [-0.2, 0) is 9.59 Å². The van der Waals surface area contributed by atoms with E-state index in [1.807, 2.05) is 30.3 Å². The first-order valence-corrected chi connectivity index (χ1v) is 9.49. The first-order valence-electron chi connectivity index (χ1n) is 8.04. The molecule has 5 nitrogen and oxygen atoms in total. The lowest BCUT2D eigenvalue weighted by molar-refractivity contribution is -0.152. The minimum Gasteiger partial charge on any atom is -0.630 e. The van der Waals surface area contributed by atoms with Crippen LogP contribution in [0.15, 0.2) is 54.1 Å². The van der Waals surface area contributed by atoms with Gasteiger partial charge in [0.05, 0.1) is 13.2 Å². The zero-order valence-electron chi connectivity index (χ0n) is 14.0. The van der Waals surface area contributed by atoms with Crippen LogP contribution in [0.25, 0.3) is 0 Å². The monoisotopic (exact) mass is 360 g/mol. The highest BCUT2D eigenvalue weighted by Crippen LogP contribution is 2.31. The van der Waals surface area contributed by atoms with E-state index in [-0.39, 0.29) is 12.0 Å². The SMILES string of the molecule is CC1(C(=O)O)C=CC=C(C(=O)O)C1.[O-][P+]1=C(c2ccccc2)CCC1. The fourth-order valence-electron chi connectivity index (χ4n) is 2.75. The largest absolute Gasteiger partial charge is 0.630 e. The van der Waals surface area contributed by atoms with Gasteiger partial charge in [0, 0.05) is 17.6 Å². The van der Waals surface area contributed by atoms with Crippen LogP contribution in [0.3, 0.4) is 0 Å². The Balaban J connectivity index is 0.000000181. The summed E-state index contributed by atoms with van der Waals surface area (Å²) in [6.45, 7) is 1.50. The Morgan fingerprint density at radius 2 is 1.88 bits per heavy atom. The smallest absolute Gasteiger partial charge is 0.331 e.